The molecule has 0 fully saturated rings. The summed E-state index contributed by atoms with van der Waals surface area (Å²) >= 11 is 0. The molecule has 1 nitrogen and oxygen atoms in total. The molecule has 1 aromatic carbocycles. The highest BCUT2D eigenvalue weighted by Crippen LogP contribution is 2.14. The highest BCUT2D eigenvalue weighted by molar-refractivity contribution is 6.53. The van der Waals surface area contributed by atoms with Gasteiger partial charge in [0.25, 0.3) is 0 Å². The van der Waals surface area contributed by atoms with Crippen molar-refractivity contribution in [1.29, 1.82) is 0 Å². The highest BCUT2D eigenvalue weighted by atomic mass is 28.2. The van der Waals surface area contributed by atoms with Gasteiger partial charge in [0.05, 0.1) is 0 Å². The van der Waals surface area contributed by atoms with Crippen LogP contribution in [-0.4, -0.2) is 14.6 Å². The van der Waals surface area contributed by atoms with Crippen molar-refractivity contribution in [1.82, 2.24) is 0 Å². The van der Waals surface area contributed by atoms with Crippen molar-refractivity contribution in [2.75, 3.05) is 0 Å². The molecule has 0 bridgehead atoms. The van der Waals surface area contributed by atoms with E-state index in [9.17, 15) is 0 Å². The number of benzene rings is 1. The SMILES string of the molecule is C=C([SiH2]O)c1ccccc1C. The molecule has 2 heteroatoms. The smallest absolute Gasteiger partial charge is 0.187 e. The van der Waals surface area contributed by atoms with Crippen molar-refractivity contribution >= 4 is 15.0 Å². The lowest BCUT2D eigenvalue weighted by atomic mass is 10.1. The van der Waals surface area contributed by atoms with Crippen LogP contribution in [-0.2, 0) is 0 Å². The molecular formula is C9H12OSi. The number of aryl methyl sites for hydroxylation is 1. The van der Waals surface area contributed by atoms with Gasteiger partial charge in [-0.15, -0.1) is 0 Å². The lowest BCUT2D eigenvalue weighted by molar-refractivity contribution is 0.616. The van der Waals surface area contributed by atoms with Crippen molar-refractivity contribution in [2.45, 2.75) is 6.92 Å². The fourth-order valence-electron chi connectivity index (χ4n) is 1.05. The van der Waals surface area contributed by atoms with Gasteiger partial charge in [0.15, 0.2) is 9.76 Å². The van der Waals surface area contributed by atoms with E-state index < -0.39 is 9.76 Å². The van der Waals surface area contributed by atoms with Crippen LogP contribution in [0.1, 0.15) is 11.1 Å². The van der Waals surface area contributed by atoms with Gasteiger partial charge in [0, 0.05) is 0 Å². The van der Waals surface area contributed by atoms with Crippen molar-refractivity contribution in [3.8, 4) is 0 Å². The standard InChI is InChI=1S/C9H12OSi/c1-7-5-3-4-6-9(7)8(2)11-10/h3-6,10H,2,11H2,1H3. The zero-order valence-corrected chi connectivity index (χ0v) is 8.09. The van der Waals surface area contributed by atoms with Crippen LogP contribution in [0.3, 0.4) is 0 Å². The van der Waals surface area contributed by atoms with Crippen molar-refractivity contribution in [3.63, 3.8) is 0 Å². The zero-order valence-electron chi connectivity index (χ0n) is 6.67. The molecule has 0 spiro atoms. The van der Waals surface area contributed by atoms with Crippen LogP contribution in [0.5, 0.6) is 0 Å². The van der Waals surface area contributed by atoms with Crippen LogP contribution in [0.25, 0.3) is 5.20 Å². The molecule has 11 heavy (non-hydrogen) atoms. The van der Waals surface area contributed by atoms with Crippen LogP contribution in [0, 0.1) is 6.92 Å². The van der Waals surface area contributed by atoms with E-state index in [1.807, 2.05) is 31.2 Å². The molecule has 0 atom stereocenters. The van der Waals surface area contributed by atoms with Crippen LogP contribution < -0.4 is 0 Å². The van der Waals surface area contributed by atoms with Crippen molar-refractivity contribution in [2.24, 2.45) is 0 Å². The van der Waals surface area contributed by atoms with Crippen molar-refractivity contribution < 1.29 is 4.80 Å². The van der Waals surface area contributed by atoms with Gasteiger partial charge in [0.2, 0.25) is 0 Å². The second kappa shape index (κ2) is 3.51. The van der Waals surface area contributed by atoms with Crippen LogP contribution >= 0.6 is 0 Å². The van der Waals surface area contributed by atoms with E-state index in [-0.39, 0.29) is 0 Å². The maximum atomic E-state index is 8.95. The third kappa shape index (κ3) is 1.79. The van der Waals surface area contributed by atoms with Gasteiger partial charge in [-0.3, -0.25) is 0 Å². The summed E-state index contributed by atoms with van der Waals surface area (Å²) in [5, 5.41) is 0.920. The minimum absolute atomic E-state index is 0.920. The Morgan fingerprint density at radius 3 is 2.64 bits per heavy atom. The molecule has 0 aliphatic heterocycles. The predicted octanol–water partition coefficient (Wildman–Crippen LogP) is 1.04. The number of rotatable bonds is 2. The van der Waals surface area contributed by atoms with Crippen LogP contribution in [0.4, 0.5) is 0 Å². The summed E-state index contributed by atoms with van der Waals surface area (Å²) in [5.41, 5.74) is 2.31. The molecule has 58 valence electrons. The Hall–Kier alpha value is -0.863. The number of hydrogen-bond donors (Lipinski definition) is 1. The largest absolute Gasteiger partial charge is 0.433 e. The molecule has 1 N–H and O–H groups in total. The Bertz CT molecular complexity index is 268. The first-order valence-electron chi connectivity index (χ1n) is 3.60. The first-order chi connectivity index (χ1) is 5.25. The zero-order chi connectivity index (χ0) is 8.27. The van der Waals surface area contributed by atoms with E-state index in [1.165, 1.54) is 5.56 Å². The van der Waals surface area contributed by atoms with E-state index in [4.69, 9.17) is 4.80 Å². The first-order valence-corrected chi connectivity index (χ1v) is 4.94. The van der Waals surface area contributed by atoms with Crippen LogP contribution in [0.15, 0.2) is 30.8 Å². The second-order valence-electron chi connectivity index (χ2n) is 2.58. The number of hydrogen-bond acceptors (Lipinski definition) is 1. The predicted molar refractivity (Wildman–Crippen MR) is 51.0 cm³/mol. The van der Waals surface area contributed by atoms with Gasteiger partial charge in [-0.25, -0.2) is 0 Å². The quantitative estimate of drug-likeness (QED) is 0.648. The van der Waals surface area contributed by atoms with Gasteiger partial charge in [-0.05, 0) is 23.2 Å². The third-order valence-electron chi connectivity index (χ3n) is 1.72. The Morgan fingerprint density at radius 2 is 2.09 bits per heavy atom. The Morgan fingerprint density at radius 1 is 1.45 bits per heavy atom. The maximum Gasteiger partial charge on any atom is 0.187 e. The Kier molecular flexibility index (Phi) is 2.62. The monoisotopic (exact) mass is 164 g/mol. The van der Waals surface area contributed by atoms with Gasteiger partial charge in [-0.2, -0.15) is 0 Å². The Labute approximate surface area is 69.3 Å². The average Bonchev–Trinajstić information content (AvgIpc) is 2.04. The molecule has 0 amide bonds. The van der Waals surface area contributed by atoms with E-state index >= 15 is 0 Å². The van der Waals surface area contributed by atoms with Gasteiger partial charge < -0.3 is 4.80 Å². The molecular weight excluding hydrogens is 152 g/mol. The Balaban J connectivity index is 3.03. The molecule has 0 radical (unpaired) electrons. The minimum atomic E-state index is -1.08. The summed E-state index contributed by atoms with van der Waals surface area (Å²) in [5.74, 6) is 0. The summed E-state index contributed by atoms with van der Waals surface area (Å²) in [4.78, 5) is 8.95. The minimum Gasteiger partial charge on any atom is -0.433 e. The fraction of sp³-hybridized carbons (Fsp3) is 0.111. The third-order valence-corrected chi connectivity index (χ3v) is 2.48. The lowest BCUT2D eigenvalue weighted by Gasteiger charge is -2.04. The molecule has 0 aromatic heterocycles. The van der Waals surface area contributed by atoms with E-state index in [0.717, 1.165) is 10.8 Å². The van der Waals surface area contributed by atoms with Crippen LogP contribution in [0.2, 0.25) is 0 Å². The molecule has 0 aliphatic carbocycles. The lowest BCUT2D eigenvalue weighted by Crippen LogP contribution is -1.94. The fourth-order valence-corrected chi connectivity index (χ4v) is 1.62. The van der Waals surface area contributed by atoms with E-state index in [0.29, 0.717) is 0 Å². The van der Waals surface area contributed by atoms with E-state index in [1.54, 1.807) is 0 Å². The van der Waals surface area contributed by atoms with E-state index in [2.05, 4.69) is 6.58 Å². The van der Waals surface area contributed by atoms with Gasteiger partial charge in [-0.1, -0.05) is 30.8 Å². The normalized spacial score (nSPS) is 10.7. The average molecular weight is 164 g/mol. The topological polar surface area (TPSA) is 20.2 Å². The van der Waals surface area contributed by atoms with Gasteiger partial charge in [0.1, 0.15) is 0 Å². The molecule has 0 saturated carbocycles. The second-order valence-corrected chi connectivity index (χ2v) is 3.75. The van der Waals surface area contributed by atoms with Gasteiger partial charge >= 0.3 is 0 Å². The molecule has 1 rings (SSSR count). The first kappa shape index (κ1) is 8.24. The summed E-state index contributed by atoms with van der Waals surface area (Å²) < 4.78 is 0. The molecule has 0 aliphatic rings. The summed E-state index contributed by atoms with van der Waals surface area (Å²) in [6.45, 7) is 5.85. The summed E-state index contributed by atoms with van der Waals surface area (Å²) in [6.07, 6.45) is 0. The molecule has 0 unspecified atom stereocenters. The summed E-state index contributed by atoms with van der Waals surface area (Å²) in [6, 6.07) is 7.99. The summed E-state index contributed by atoms with van der Waals surface area (Å²) in [7, 11) is -1.08. The molecule has 0 heterocycles. The highest BCUT2D eigenvalue weighted by Gasteiger charge is 1.99. The van der Waals surface area contributed by atoms with Crippen molar-refractivity contribution in [3.05, 3.63) is 42.0 Å². The molecule has 1 aromatic rings. The maximum absolute atomic E-state index is 8.95. The molecule has 0 saturated heterocycles.